The van der Waals surface area contributed by atoms with Gasteiger partial charge in [0.15, 0.2) is 0 Å². The molecule has 1 aromatic rings. The number of carbonyl (C=O) groups is 2. The molecule has 20 heavy (non-hydrogen) atoms. The molecule has 0 spiro atoms. The summed E-state index contributed by atoms with van der Waals surface area (Å²) >= 11 is 6.12. The first-order valence-electron chi connectivity index (χ1n) is 6.82. The number of carbonyl (C=O) groups excluding carboxylic acids is 2. The number of rotatable bonds is 4. The smallest absolute Gasteiger partial charge is 0.243 e. The largest absolute Gasteiger partial charge is 0.352 e. The molecule has 0 bridgehead atoms. The zero-order chi connectivity index (χ0) is 14.7. The van der Waals surface area contributed by atoms with Gasteiger partial charge in [-0.25, -0.2) is 0 Å². The van der Waals surface area contributed by atoms with E-state index >= 15 is 0 Å². The second-order valence-corrected chi connectivity index (χ2v) is 5.74. The van der Waals surface area contributed by atoms with Crippen LogP contribution in [0, 0.1) is 0 Å². The maximum absolute atomic E-state index is 12.1. The quantitative estimate of drug-likeness (QED) is 0.927. The number of amides is 2. The summed E-state index contributed by atoms with van der Waals surface area (Å²) in [6.45, 7) is 4.20. The van der Waals surface area contributed by atoms with E-state index in [1.807, 2.05) is 32.0 Å². The maximum atomic E-state index is 12.1. The van der Waals surface area contributed by atoms with E-state index < -0.39 is 0 Å². The SMILES string of the molecule is CC(C)NC(=O)[C@@H]1CCC(=O)N1Cc1ccccc1Cl. The van der Waals surface area contributed by atoms with Crippen LogP contribution in [0.2, 0.25) is 5.02 Å². The number of nitrogens with zero attached hydrogens (tertiary/aromatic N) is 1. The van der Waals surface area contributed by atoms with Gasteiger partial charge in [0.05, 0.1) is 0 Å². The number of hydrogen-bond acceptors (Lipinski definition) is 2. The van der Waals surface area contributed by atoms with Gasteiger partial charge < -0.3 is 10.2 Å². The van der Waals surface area contributed by atoms with Gasteiger partial charge in [-0.3, -0.25) is 9.59 Å². The molecule has 1 heterocycles. The molecule has 1 fully saturated rings. The molecule has 1 aliphatic rings. The third kappa shape index (κ3) is 3.31. The lowest BCUT2D eigenvalue weighted by Gasteiger charge is -2.25. The Morgan fingerprint density at radius 2 is 2.15 bits per heavy atom. The lowest BCUT2D eigenvalue weighted by atomic mass is 10.1. The molecule has 1 atom stereocenters. The topological polar surface area (TPSA) is 49.4 Å². The second-order valence-electron chi connectivity index (χ2n) is 5.33. The van der Waals surface area contributed by atoms with E-state index in [-0.39, 0.29) is 23.9 Å². The van der Waals surface area contributed by atoms with Crippen molar-refractivity contribution in [1.82, 2.24) is 10.2 Å². The van der Waals surface area contributed by atoms with Crippen molar-refractivity contribution in [3.05, 3.63) is 34.9 Å². The summed E-state index contributed by atoms with van der Waals surface area (Å²) < 4.78 is 0. The molecule has 1 N–H and O–H groups in total. The molecule has 1 aromatic carbocycles. The molecule has 0 unspecified atom stereocenters. The van der Waals surface area contributed by atoms with Crippen molar-refractivity contribution in [2.75, 3.05) is 0 Å². The van der Waals surface area contributed by atoms with Crippen LogP contribution < -0.4 is 5.32 Å². The summed E-state index contributed by atoms with van der Waals surface area (Å²) in [5.74, 6) is -0.0771. The highest BCUT2D eigenvalue weighted by molar-refractivity contribution is 6.31. The van der Waals surface area contributed by atoms with E-state index in [4.69, 9.17) is 11.6 Å². The highest BCUT2D eigenvalue weighted by atomic mass is 35.5. The number of nitrogens with one attached hydrogen (secondary N) is 1. The summed E-state index contributed by atoms with van der Waals surface area (Å²) in [5, 5.41) is 3.49. The third-order valence-electron chi connectivity index (χ3n) is 3.36. The molecule has 1 saturated heterocycles. The molecule has 4 nitrogen and oxygen atoms in total. The summed E-state index contributed by atoms with van der Waals surface area (Å²) in [6, 6.07) is 7.08. The summed E-state index contributed by atoms with van der Waals surface area (Å²) in [4.78, 5) is 25.8. The Bertz CT molecular complexity index is 516. The number of benzene rings is 1. The minimum absolute atomic E-state index is 0.00817. The van der Waals surface area contributed by atoms with Gasteiger partial charge in [0.1, 0.15) is 6.04 Å². The fourth-order valence-electron chi connectivity index (χ4n) is 2.40. The monoisotopic (exact) mass is 294 g/mol. The number of hydrogen-bond donors (Lipinski definition) is 1. The Hall–Kier alpha value is -1.55. The minimum atomic E-state index is -0.388. The van der Waals surface area contributed by atoms with Gasteiger partial charge in [-0.2, -0.15) is 0 Å². The molecular weight excluding hydrogens is 276 g/mol. The van der Waals surface area contributed by atoms with Crippen LogP contribution in [0.15, 0.2) is 24.3 Å². The van der Waals surface area contributed by atoms with Crippen molar-refractivity contribution in [1.29, 1.82) is 0 Å². The normalized spacial score (nSPS) is 18.7. The zero-order valence-corrected chi connectivity index (χ0v) is 12.5. The molecule has 0 radical (unpaired) electrons. The van der Waals surface area contributed by atoms with Crippen molar-refractivity contribution in [2.24, 2.45) is 0 Å². The van der Waals surface area contributed by atoms with Gasteiger partial charge in [-0.1, -0.05) is 29.8 Å². The van der Waals surface area contributed by atoms with Crippen LogP contribution in [-0.2, 0) is 16.1 Å². The molecule has 0 saturated carbocycles. The first-order chi connectivity index (χ1) is 9.49. The minimum Gasteiger partial charge on any atom is -0.352 e. The molecule has 0 aromatic heterocycles. The fraction of sp³-hybridized carbons (Fsp3) is 0.467. The van der Waals surface area contributed by atoms with Crippen LogP contribution in [0.5, 0.6) is 0 Å². The van der Waals surface area contributed by atoms with Crippen molar-refractivity contribution in [2.45, 2.75) is 45.3 Å². The van der Waals surface area contributed by atoms with E-state index in [2.05, 4.69) is 5.32 Å². The number of likely N-dealkylation sites (tertiary alicyclic amines) is 1. The molecule has 1 aliphatic heterocycles. The second kappa shape index (κ2) is 6.27. The molecule has 2 rings (SSSR count). The van der Waals surface area contributed by atoms with Crippen LogP contribution in [0.4, 0.5) is 0 Å². The molecule has 5 heteroatoms. The predicted molar refractivity (Wildman–Crippen MR) is 78.3 cm³/mol. The predicted octanol–water partition coefficient (Wildman–Crippen LogP) is 2.36. The van der Waals surface area contributed by atoms with Crippen LogP contribution >= 0.6 is 11.6 Å². The molecule has 0 aliphatic carbocycles. The van der Waals surface area contributed by atoms with Crippen LogP contribution in [-0.4, -0.2) is 28.8 Å². The maximum Gasteiger partial charge on any atom is 0.243 e. The average Bonchev–Trinajstić information content (AvgIpc) is 2.73. The van der Waals surface area contributed by atoms with E-state index in [0.29, 0.717) is 24.4 Å². The lowest BCUT2D eigenvalue weighted by molar-refractivity contribution is -0.136. The Balaban J connectivity index is 2.13. The standard InChI is InChI=1S/C15H19ClN2O2/c1-10(2)17-15(20)13-7-8-14(19)18(13)9-11-5-3-4-6-12(11)16/h3-6,10,13H,7-9H2,1-2H3,(H,17,20)/t13-/m0/s1. The number of halogens is 1. The van der Waals surface area contributed by atoms with Crippen molar-refractivity contribution < 1.29 is 9.59 Å². The third-order valence-corrected chi connectivity index (χ3v) is 3.73. The Kier molecular flexibility index (Phi) is 4.65. The lowest BCUT2D eigenvalue weighted by Crippen LogP contribution is -2.46. The molecule has 2 amide bonds. The molecule has 108 valence electrons. The first-order valence-corrected chi connectivity index (χ1v) is 7.20. The van der Waals surface area contributed by atoms with E-state index in [1.165, 1.54) is 0 Å². The Labute approximate surface area is 124 Å². The highest BCUT2D eigenvalue weighted by Gasteiger charge is 2.36. The van der Waals surface area contributed by atoms with Gasteiger partial charge in [0.2, 0.25) is 11.8 Å². The fourth-order valence-corrected chi connectivity index (χ4v) is 2.59. The van der Waals surface area contributed by atoms with Gasteiger partial charge >= 0.3 is 0 Å². The molecular formula is C15H19ClN2O2. The average molecular weight is 295 g/mol. The first kappa shape index (κ1) is 14.9. The van der Waals surface area contributed by atoms with Gasteiger partial charge in [0.25, 0.3) is 0 Å². The van der Waals surface area contributed by atoms with Crippen LogP contribution in [0.25, 0.3) is 0 Å². The van der Waals surface area contributed by atoms with E-state index in [0.717, 1.165) is 5.56 Å². The van der Waals surface area contributed by atoms with Gasteiger partial charge in [0, 0.05) is 24.0 Å². The highest BCUT2D eigenvalue weighted by Crippen LogP contribution is 2.24. The van der Waals surface area contributed by atoms with Crippen molar-refractivity contribution in [3.8, 4) is 0 Å². The van der Waals surface area contributed by atoms with Crippen molar-refractivity contribution in [3.63, 3.8) is 0 Å². The summed E-state index contributed by atoms with van der Waals surface area (Å²) in [7, 11) is 0. The van der Waals surface area contributed by atoms with Gasteiger partial charge in [-0.05, 0) is 31.9 Å². The Morgan fingerprint density at radius 1 is 1.45 bits per heavy atom. The van der Waals surface area contributed by atoms with Gasteiger partial charge in [-0.15, -0.1) is 0 Å². The van der Waals surface area contributed by atoms with Crippen molar-refractivity contribution >= 4 is 23.4 Å². The summed E-state index contributed by atoms with van der Waals surface area (Å²) in [6.07, 6.45) is 0.989. The zero-order valence-electron chi connectivity index (χ0n) is 11.7. The Morgan fingerprint density at radius 3 is 2.80 bits per heavy atom. The van der Waals surface area contributed by atoms with E-state index in [1.54, 1.807) is 11.0 Å². The van der Waals surface area contributed by atoms with E-state index in [9.17, 15) is 9.59 Å². The van der Waals surface area contributed by atoms with Crippen LogP contribution in [0.1, 0.15) is 32.3 Å². The van der Waals surface area contributed by atoms with Crippen LogP contribution in [0.3, 0.4) is 0 Å². The summed E-state index contributed by atoms with van der Waals surface area (Å²) in [5.41, 5.74) is 0.867.